The van der Waals surface area contributed by atoms with Crippen molar-refractivity contribution in [1.82, 2.24) is 14.8 Å². The molecule has 1 N–H and O–H groups in total. The lowest BCUT2D eigenvalue weighted by molar-refractivity contribution is 0.459. The summed E-state index contributed by atoms with van der Waals surface area (Å²) in [7, 11) is 6.00. The quantitative estimate of drug-likeness (QED) is 0.299. The Hall–Kier alpha value is -0.240. The first-order chi connectivity index (χ1) is 9.60. The highest BCUT2D eigenvalue weighted by molar-refractivity contribution is 14.0. The summed E-state index contributed by atoms with van der Waals surface area (Å²) in [5, 5.41) is 3.45. The van der Waals surface area contributed by atoms with Gasteiger partial charge in [0.15, 0.2) is 5.96 Å². The lowest BCUT2D eigenvalue weighted by Gasteiger charge is -2.22. The van der Waals surface area contributed by atoms with Gasteiger partial charge in [-0.1, -0.05) is 12.8 Å². The molecule has 0 amide bonds. The van der Waals surface area contributed by atoms with Crippen molar-refractivity contribution < 1.29 is 0 Å². The van der Waals surface area contributed by atoms with Crippen LogP contribution in [0.4, 0.5) is 0 Å². The number of halogens is 2. The zero-order valence-corrected chi connectivity index (χ0v) is 17.0. The van der Waals surface area contributed by atoms with Crippen LogP contribution in [0.1, 0.15) is 31.4 Å². The molecule has 1 saturated carbocycles. The van der Waals surface area contributed by atoms with Crippen molar-refractivity contribution >= 4 is 45.9 Å². The van der Waals surface area contributed by atoms with E-state index in [2.05, 4.69) is 62.1 Å². The number of nitrogens with zero attached hydrogens (tertiary/aromatic N) is 3. The van der Waals surface area contributed by atoms with Crippen molar-refractivity contribution in [2.24, 2.45) is 18.0 Å². The van der Waals surface area contributed by atoms with E-state index in [0.29, 0.717) is 0 Å². The largest absolute Gasteiger partial charge is 0.356 e. The van der Waals surface area contributed by atoms with Crippen molar-refractivity contribution in [3.63, 3.8) is 0 Å². The van der Waals surface area contributed by atoms with Crippen LogP contribution < -0.4 is 5.32 Å². The molecule has 1 fully saturated rings. The van der Waals surface area contributed by atoms with Crippen LogP contribution in [-0.2, 0) is 13.6 Å². The number of aromatic nitrogens is 1. The molecule has 1 aromatic rings. The van der Waals surface area contributed by atoms with Gasteiger partial charge in [0.25, 0.3) is 0 Å². The van der Waals surface area contributed by atoms with Crippen LogP contribution >= 0.6 is 39.9 Å². The molecule has 1 heterocycles. The Morgan fingerprint density at radius 3 is 2.76 bits per heavy atom. The topological polar surface area (TPSA) is 32.6 Å². The molecule has 0 spiro atoms. The Kier molecular flexibility index (Phi) is 8.08. The molecule has 0 unspecified atom stereocenters. The second-order valence-corrected chi connectivity index (χ2v) is 6.59. The maximum Gasteiger partial charge on any atom is 0.193 e. The molecule has 0 aromatic carbocycles. The third-order valence-electron chi connectivity index (χ3n) is 3.82. The van der Waals surface area contributed by atoms with Gasteiger partial charge in [0.05, 0.1) is 6.54 Å². The standard InChI is InChI=1S/C15H25BrN4.HI/c1-17-15(18-8-4-5-12-6-7-12)20(3)11-14-9-13(16)10-19(14)2;/h9-10,12H,4-8,11H2,1-3H3,(H,17,18);1H. The smallest absolute Gasteiger partial charge is 0.193 e. The molecule has 2 rings (SSSR count). The van der Waals surface area contributed by atoms with Gasteiger partial charge < -0.3 is 14.8 Å². The molecule has 0 radical (unpaired) electrons. The van der Waals surface area contributed by atoms with Crippen molar-refractivity contribution in [2.45, 2.75) is 32.2 Å². The average molecular weight is 469 g/mol. The summed E-state index contributed by atoms with van der Waals surface area (Å²) < 4.78 is 3.26. The van der Waals surface area contributed by atoms with Crippen molar-refractivity contribution in [2.75, 3.05) is 20.6 Å². The van der Waals surface area contributed by atoms with Crippen LogP contribution in [0.25, 0.3) is 0 Å². The molecule has 6 heteroatoms. The van der Waals surface area contributed by atoms with E-state index in [-0.39, 0.29) is 24.0 Å². The van der Waals surface area contributed by atoms with Crippen molar-refractivity contribution in [3.05, 3.63) is 22.4 Å². The van der Waals surface area contributed by atoms with Gasteiger partial charge in [-0.2, -0.15) is 0 Å². The highest BCUT2D eigenvalue weighted by atomic mass is 127. The Morgan fingerprint density at radius 2 is 2.24 bits per heavy atom. The third-order valence-corrected chi connectivity index (χ3v) is 4.25. The predicted octanol–water partition coefficient (Wildman–Crippen LogP) is 3.60. The molecule has 1 aromatic heterocycles. The second kappa shape index (κ2) is 9.02. The lowest BCUT2D eigenvalue weighted by atomic mass is 10.2. The van der Waals surface area contributed by atoms with Gasteiger partial charge in [0.1, 0.15) is 0 Å². The molecule has 4 nitrogen and oxygen atoms in total. The van der Waals surface area contributed by atoms with E-state index in [1.54, 1.807) is 0 Å². The number of hydrogen-bond acceptors (Lipinski definition) is 1. The summed E-state index contributed by atoms with van der Waals surface area (Å²) in [4.78, 5) is 6.53. The first-order valence-corrected chi connectivity index (χ1v) is 8.12. The molecule has 1 aliphatic carbocycles. The highest BCUT2D eigenvalue weighted by Crippen LogP contribution is 2.33. The fraction of sp³-hybridized carbons (Fsp3) is 0.667. The van der Waals surface area contributed by atoms with E-state index < -0.39 is 0 Å². The molecule has 0 aliphatic heterocycles. The number of guanidine groups is 1. The van der Waals surface area contributed by atoms with E-state index >= 15 is 0 Å². The van der Waals surface area contributed by atoms with Gasteiger partial charge >= 0.3 is 0 Å². The number of nitrogens with one attached hydrogen (secondary N) is 1. The summed E-state index contributed by atoms with van der Waals surface area (Å²) in [6.45, 7) is 1.87. The molecule has 1 aliphatic rings. The van der Waals surface area contributed by atoms with Gasteiger partial charge in [-0.15, -0.1) is 24.0 Å². The van der Waals surface area contributed by atoms with E-state index in [1.165, 1.54) is 31.4 Å². The van der Waals surface area contributed by atoms with Crippen LogP contribution in [0.3, 0.4) is 0 Å². The first kappa shape index (κ1) is 18.8. The summed E-state index contributed by atoms with van der Waals surface area (Å²) >= 11 is 3.51. The molecule has 0 bridgehead atoms. The molecular formula is C15H26BrIN4. The highest BCUT2D eigenvalue weighted by Gasteiger charge is 2.20. The van der Waals surface area contributed by atoms with Gasteiger partial charge in [-0.3, -0.25) is 4.99 Å². The molecule has 21 heavy (non-hydrogen) atoms. The monoisotopic (exact) mass is 468 g/mol. The zero-order chi connectivity index (χ0) is 14.5. The first-order valence-electron chi connectivity index (χ1n) is 7.32. The average Bonchev–Trinajstić information content (AvgIpc) is 3.16. The van der Waals surface area contributed by atoms with E-state index in [9.17, 15) is 0 Å². The van der Waals surface area contributed by atoms with E-state index in [4.69, 9.17) is 0 Å². The number of aliphatic imine (C=N–C) groups is 1. The third kappa shape index (κ3) is 6.18. The molecule has 0 atom stereocenters. The predicted molar refractivity (Wildman–Crippen MR) is 103 cm³/mol. The summed E-state index contributed by atoms with van der Waals surface area (Å²) in [5.41, 5.74) is 1.26. The SMILES string of the molecule is CN=C(NCCCC1CC1)N(C)Cc1cc(Br)cn1C.I. The van der Waals surface area contributed by atoms with E-state index in [1.807, 2.05) is 7.05 Å². The maximum absolute atomic E-state index is 4.36. The van der Waals surface area contributed by atoms with Crippen molar-refractivity contribution in [3.8, 4) is 0 Å². The zero-order valence-electron chi connectivity index (χ0n) is 13.1. The molecular weight excluding hydrogens is 443 g/mol. The van der Waals surface area contributed by atoms with Crippen LogP contribution in [0.15, 0.2) is 21.7 Å². The van der Waals surface area contributed by atoms with E-state index in [0.717, 1.165) is 29.4 Å². The Labute approximate surface area is 153 Å². The normalized spacial score (nSPS) is 14.8. The van der Waals surface area contributed by atoms with Crippen molar-refractivity contribution in [1.29, 1.82) is 0 Å². The minimum absolute atomic E-state index is 0. The number of rotatable bonds is 6. The van der Waals surface area contributed by atoms with Gasteiger partial charge in [0, 0.05) is 44.1 Å². The fourth-order valence-electron chi connectivity index (χ4n) is 2.42. The number of hydrogen-bond donors (Lipinski definition) is 1. The lowest BCUT2D eigenvalue weighted by Crippen LogP contribution is -2.39. The molecule has 0 saturated heterocycles. The number of aryl methyl sites for hydroxylation is 1. The van der Waals surface area contributed by atoms with Gasteiger partial charge in [-0.05, 0) is 40.8 Å². The fourth-order valence-corrected chi connectivity index (χ4v) is 2.99. The Morgan fingerprint density at radius 1 is 1.52 bits per heavy atom. The summed E-state index contributed by atoms with van der Waals surface area (Å²) in [6, 6.07) is 2.15. The van der Waals surface area contributed by atoms with Gasteiger partial charge in [-0.25, -0.2) is 0 Å². The van der Waals surface area contributed by atoms with Crippen LogP contribution in [0, 0.1) is 5.92 Å². The van der Waals surface area contributed by atoms with Gasteiger partial charge in [0.2, 0.25) is 0 Å². The maximum atomic E-state index is 4.36. The summed E-state index contributed by atoms with van der Waals surface area (Å²) in [5.74, 6) is 1.98. The van der Waals surface area contributed by atoms with Crippen LogP contribution in [0.2, 0.25) is 0 Å². The minimum atomic E-state index is 0. The minimum Gasteiger partial charge on any atom is -0.356 e. The Balaban J connectivity index is 0.00000220. The Bertz CT molecular complexity index is 468. The second-order valence-electron chi connectivity index (χ2n) is 5.68. The van der Waals surface area contributed by atoms with Crippen LogP contribution in [0.5, 0.6) is 0 Å². The van der Waals surface area contributed by atoms with Crippen LogP contribution in [-0.4, -0.2) is 36.1 Å². The molecule has 120 valence electrons. The summed E-state index contributed by atoms with van der Waals surface area (Å²) in [6.07, 6.45) is 7.56.